The third-order valence-corrected chi connectivity index (χ3v) is 4.14. The Balaban J connectivity index is 2.58. The van der Waals surface area contributed by atoms with Gasteiger partial charge in [-0.2, -0.15) is 0 Å². The number of carbonyl (C=O) groups excluding carboxylic acids is 1. The molecule has 3 nitrogen and oxygen atoms in total. The number of ether oxygens (including phenoxy) is 1. The second-order valence-corrected chi connectivity index (χ2v) is 5.66. The van der Waals surface area contributed by atoms with Gasteiger partial charge < -0.3 is 9.84 Å². The molecule has 2 atom stereocenters. The Morgan fingerprint density at radius 2 is 1.89 bits per heavy atom. The lowest BCUT2D eigenvalue weighted by molar-refractivity contribution is -0.154. The fraction of sp³-hybridized carbons (Fsp3) is 0.933. The van der Waals surface area contributed by atoms with Crippen molar-refractivity contribution < 1.29 is 14.6 Å². The molecule has 1 N–H and O–H groups in total. The lowest BCUT2D eigenvalue weighted by atomic mass is 9.76. The lowest BCUT2D eigenvalue weighted by Gasteiger charge is -2.33. The molecule has 0 radical (unpaired) electrons. The number of rotatable bonds is 6. The molecule has 0 aromatic heterocycles. The average molecular weight is 256 g/mol. The summed E-state index contributed by atoms with van der Waals surface area (Å²) in [5, 5.41) is 10.4. The van der Waals surface area contributed by atoms with Crippen molar-refractivity contribution in [3.05, 3.63) is 0 Å². The van der Waals surface area contributed by atoms with Crippen molar-refractivity contribution in [3.8, 4) is 0 Å². The summed E-state index contributed by atoms with van der Waals surface area (Å²) in [5.41, 5.74) is 0. The van der Waals surface area contributed by atoms with Crippen LogP contribution in [0.1, 0.15) is 59.3 Å². The smallest absolute Gasteiger partial charge is 0.311 e. The van der Waals surface area contributed by atoms with E-state index in [1.54, 1.807) is 0 Å². The Hall–Kier alpha value is -0.570. The maximum atomic E-state index is 11.9. The van der Waals surface area contributed by atoms with E-state index in [0.29, 0.717) is 6.61 Å². The third kappa shape index (κ3) is 4.27. The van der Waals surface area contributed by atoms with Gasteiger partial charge in [0, 0.05) is 0 Å². The summed E-state index contributed by atoms with van der Waals surface area (Å²) in [6.07, 6.45) is 5.54. The molecule has 3 heteroatoms. The molecule has 2 unspecified atom stereocenters. The molecule has 0 aliphatic heterocycles. The standard InChI is InChI=1S/C15H28O3/c1-4-6-13(15(17)18-5-2)14(16)12-9-7-11(3)8-10-12/h11-14,16H,4-10H2,1-3H3. The van der Waals surface area contributed by atoms with Gasteiger partial charge in [0.25, 0.3) is 0 Å². The number of esters is 1. The highest BCUT2D eigenvalue weighted by atomic mass is 16.5. The summed E-state index contributed by atoms with van der Waals surface area (Å²) in [5.74, 6) is 0.502. The normalized spacial score (nSPS) is 27.6. The fourth-order valence-corrected chi connectivity index (χ4v) is 2.94. The van der Waals surface area contributed by atoms with E-state index in [2.05, 4.69) is 6.92 Å². The van der Waals surface area contributed by atoms with E-state index >= 15 is 0 Å². The molecule has 1 rings (SSSR count). The maximum absolute atomic E-state index is 11.9. The molecular weight excluding hydrogens is 228 g/mol. The van der Waals surface area contributed by atoms with Gasteiger partial charge in [-0.3, -0.25) is 4.79 Å². The van der Waals surface area contributed by atoms with Crippen molar-refractivity contribution in [2.24, 2.45) is 17.8 Å². The molecule has 18 heavy (non-hydrogen) atoms. The zero-order chi connectivity index (χ0) is 13.5. The van der Waals surface area contributed by atoms with Crippen LogP contribution in [0.15, 0.2) is 0 Å². The first-order valence-corrected chi connectivity index (χ1v) is 7.44. The van der Waals surface area contributed by atoms with Crippen LogP contribution in [0.5, 0.6) is 0 Å². The summed E-state index contributed by atoms with van der Waals surface area (Å²) < 4.78 is 5.09. The first-order chi connectivity index (χ1) is 8.60. The van der Waals surface area contributed by atoms with Crippen LogP contribution in [0.4, 0.5) is 0 Å². The summed E-state index contributed by atoms with van der Waals surface area (Å²) >= 11 is 0. The van der Waals surface area contributed by atoms with Gasteiger partial charge in [-0.25, -0.2) is 0 Å². The van der Waals surface area contributed by atoms with Gasteiger partial charge in [-0.15, -0.1) is 0 Å². The predicted molar refractivity (Wildman–Crippen MR) is 72.2 cm³/mol. The summed E-state index contributed by atoms with van der Waals surface area (Å²) in [6, 6.07) is 0. The van der Waals surface area contributed by atoms with Crippen LogP contribution >= 0.6 is 0 Å². The fourth-order valence-electron chi connectivity index (χ4n) is 2.94. The first kappa shape index (κ1) is 15.5. The first-order valence-electron chi connectivity index (χ1n) is 7.44. The highest BCUT2D eigenvalue weighted by Gasteiger charge is 2.34. The lowest BCUT2D eigenvalue weighted by Crippen LogP contribution is -2.37. The quantitative estimate of drug-likeness (QED) is 0.743. The van der Waals surface area contributed by atoms with Crippen LogP contribution in [0.3, 0.4) is 0 Å². The average Bonchev–Trinajstić information content (AvgIpc) is 2.36. The SMILES string of the molecule is CCCC(C(=O)OCC)C(O)C1CCC(C)CC1. The molecule has 0 aromatic rings. The maximum Gasteiger partial charge on any atom is 0.311 e. The number of carbonyl (C=O) groups is 1. The van der Waals surface area contributed by atoms with E-state index in [4.69, 9.17) is 4.74 Å². The molecule has 1 aliphatic carbocycles. The monoisotopic (exact) mass is 256 g/mol. The van der Waals surface area contributed by atoms with Crippen LogP contribution in [-0.4, -0.2) is 23.8 Å². The Morgan fingerprint density at radius 1 is 1.28 bits per heavy atom. The molecule has 0 bridgehead atoms. The Kier molecular flexibility index (Phi) is 6.69. The zero-order valence-electron chi connectivity index (χ0n) is 12.0. The van der Waals surface area contributed by atoms with Crippen LogP contribution < -0.4 is 0 Å². The van der Waals surface area contributed by atoms with Gasteiger partial charge >= 0.3 is 5.97 Å². The number of aliphatic hydroxyl groups excluding tert-OH is 1. The number of hydrogen-bond acceptors (Lipinski definition) is 3. The van der Waals surface area contributed by atoms with Crippen molar-refractivity contribution in [2.75, 3.05) is 6.61 Å². The van der Waals surface area contributed by atoms with Crippen molar-refractivity contribution in [3.63, 3.8) is 0 Å². The molecule has 1 fully saturated rings. The predicted octanol–water partition coefficient (Wildman–Crippen LogP) is 3.15. The summed E-state index contributed by atoms with van der Waals surface area (Å²) in [4.78, 5) is 11.9. The molecule has 0 amide bonds. The van der Waals surface area contributed by atoms with Crippen molar-refractivity contribution >= 4 is 5.97 Å². The molecule has 1 aliphatic rings. The van der Waals surface area contributed by atoms with Crippen molar-refractivity contribution in [1.82, 2.24) is 0 Å². The number of hydrogen-bond donors (Lipinski definition) is 1. The molecular formula is C15H28O3. The molecule has 1 saturated carbocycles. The second kappa shape index (κ2) is 7.78. The molecule has 0 aromatic carbocycles. The molecule has 0 saturated heterocycles. The highest BCUT2D eigenvalue weighted by molar-refractivity contribution is 5.73. The minimum absolute atomic E-state index is 0.217. The van der Waals surface area contributed by atoms with E-state index in [0.717, 1.165) is 31.6 Å². The van der Waals surface area contributed by atoms with Gasteiger partial charge in [-0.05, 0) is 38.0 Å². The largest absolute Gasteiger partial charge is 0.466 e. The zero-order valence-corrected chi connectivity index (χ0v) is 12.0. The topological polar surface area (TPSA) is 46.5 Å². The molecule has 0 heterocycles. The number of aliphatic hydroxyl groups is 1. The van der Waals surface area contributed by atoms with E-state index < -0.39 is 6.10 Å². The van der Waals surface area contributed by atoms with Gasteiger partial charge in [0.15, 0.2) is 0 Å². The minimum atomic E-state index is -0.517. The highest BCUT2D eigenvalue weighted by Crippen LogP contribution is 2.34. The van der Waals surface area contributed by atoms with Crippen molar-refractivity contribution in [2.45, 2.75) is 65.4 Å². The van der Waals surface area contributed by atoms with Gasteiger partial charge in [0.2, 0.25) is 0 Å². The van der Waals surface area contributed by atoms with Crippen LogP contribution in [-0.2, 0) is 9.53 Å². The van der Waals surface area contributed by atoms with Crippen LogP contribution in [0.2, 0.25) is 0 Å². The van der Waals surface area contributed by atoms with Gasteiger partial charge in [0.05, 0.1) is 18.6 Å². The van der Waals surface area contributed by atoms with Crippen LogP contribution in [0.25, 0.3) is 0 Å². The second-order valence-electron chi connectivity index (χ2n) is 5.66. The van der Waals surface area contributed by atoms with Crippen molar-refractivity contribution in [1.29, 1.82) is 0 Å². The molecule has 106 valence electrons. The van der Waals surface area contributed by atoms with Gasteiger partial charge in [0.1, 0.15) is 0 Å². The minimum Gasteiger partial charge on any atom is -0.466 e. The van der Waals surface area contributed by atoms with Gasteiger partial charge in [-0.1, -0.05) is 33.1 Å². The van der Waals surface area contributed by atoms with E-state index in [9.17, 15) is 9.90 Å². The summed E-state index contributed by atoms with van der Waals surface area (Å²) in [6.45, 7) is 6.52. The Morgan fingerprint density at radius 3 is 2.39 bits per heavy atom. The van der Waals surface area contributed by atoms with E-state index in [-0.39, 0.29) is 17.8 Å². The Labute approximate surface area is 111 Å². The Bertz CT molecular complexity index is 244. The van der Waals surface area contributed by atoms with E-state index in [1.807, 2.05) is 13.8 Å². The summed E-state index contributed by atoms with van der Waals surface area (Å²) in [7, 11) is 0. The third-order valence-electron chi connectivity index (χ3n) is 4.14. The van der Waals surface area contributed by atoms with E-state index in [1.165, 1.54) is 12.8 Å². The van der Waals surface area contributed by atoms with Crippen LogP contribution in [0, 0.1) is 17.8 Å². The molecule has 0 spiro atoms.